The number of rotatable bonds is 38. The molecule has 0 spiro atoms. The third-order valence-electron chi connectivity index (χ3n) is 8.92. The van der Waals surface area contributed by atoms with Crippen LogP contribution in [-0.2, 0) is 32.7 Å². The molecule has 0 aliphatic heterocycles. The highest BCUT2D eigenvalue weighted by Crippen LogP contribution is 2.43. The average Bonchev–Trinajstić information content (AvgIpc) is 3.12. The predicted molar refractivity (Wildman–Crippen MR) is 226 cm³/mol. The Kier molecular flexibility index (Phi) is 34.9. The van der Waals surface area contributed by atoms with Crippen molar-refractivity contribution in [1.29, 1.82) is 0 Å². The number of hydrogen-bond donors (Lipinski definition) is 2. The highest BCUT2D eigenvalue weighted by molar-refractivity contribution is 7.47. The van der Waals surface area contributed by atoms with Crippen molar-refractivity contribution >= 4 is 19.8 Å². The first-order chi connectivity index (χ1) is 26.4. The van der Waals surface area contributed by atoms with Gasteiger partial charge in [-0.05, 0) is 64.2 Å². The van der Waals surface area contributed by atoms with Gasteiger partial charge < -0.3 is 24.0 Å². The highest BCUT2D eigenvalue weighted by atomic mass is 31.2. The molecule has 0 bridgehead atoms. The molecule has 0 amide bonds. The van der Waals surface area contributed by atoms with E-state index in [0.717, 1.165) is 70.6 Å². The van der Waals surface area contributed by atoms with Crippen LogP contribution < -0.4 is 0 Å². The summed E-state index contributed by atoms with van der Waals surface area (Å²) in [6.07, 6.45) is 37.7. The van der Waals surface area contributed by atoms with Crippen LogP contribution in [-0.4, -0.2) is 86.1 Å². The van der Waals surface area contributed by atoms with Crippen LogP contribution in [0.1, 0.15) is 162 Å². The standard InChI is InChI=1S/C44H80NO9P/c1-6-8-10-11-12-13-14-15-16-17-18-21-24-27-31-35-43(47)51-39-42(40-53-55(49,50)52-38-37-45(3,4)5)54-44(48)36-32-28-25-22-19-20-23-26-30-34-41(46)33-29-9-7-2/h9,15-16,23,26,29-30,34,41-42,46H,6-8,10-14,17-22,24-25,27-28,31-33,35-40H2,1-5H3/p+1/b16-15-,26-23+,29-9+,34-30+. The Hall–Kier alpha value is -2.07. The third kappa shape index (κ3) is 39.9. The van der Waals surface area contributed by atoms with Gasteiger partial charge in [-0.25, -0.2) is 4.57 Å². The van der Waals surface area contributed by atoms with Crippen LogP contribution in [0.3, 0.4) is 0 Å². The van der Waals surface area contributed by atoms with Gasteiger partial charge >= 0.3 is 19.8 Å². The number of nitrogens with zero attached hydrogens (tertiary/aromatic N) is 1. The van der Waals surface area contributed by atoms with Crippen molar-refractivity contribution in [3.05, 3.63) is 48.6 Å². The summed E-state index contributed by atoms with van der Waals surface area (Å²) in [6.45, 7) is 4.14. The number of hydrogen-bond acceptors (Lipinski definition) is 8. The number of ether oxygens (including phenoxy) is 2. The fourth-order valence-corrected chi connectivity index (χ4v) is 6.26. The van der Waals surface area contributed by atoms with Gasteiger partial charge in [0, 0.05) is 12.8 Å². The molecule has 0 aliphatic carbocycles. The van der Waals surface area contributed by atoms with Crippen molar-refractivity contribution in [1.82, 2.24) is 0 Å². The van der Waals surface area contributed by atoms with Gasteiger partial charge in [0.05, 0.1) is 33.9 Å². The molecule has 320 valence electrons. The fourth-order valence-electron chi connectivity index (χ4n) is 5.51. The smallest absolute Gasteiger partial charge is 0.462 e. The van der Waals surface area contributed by atoms with E-state index >= 15 is 0 Å². The van der Waals surface area contributed by atoms with Crippen LogP contribution in [0, 0.1) is 0 Å². The molecule has 0 saturated heterocycles. The minimum atomic E-state index is -4.39. The molecule has 0 saturated carbocycles. The van der Waals surface area contributed by atoms with E-state index in [-0.39, 0.29) is 26.1 Å². The van der Waals surface area contributed by atoms with Crippen LogP contribution in [0.4, 0.5) is 0 Å². The summed E-state index contributed by atoms with van der Waals surface area (Å²) >= 11 is 0. The molecule has 0 radical (unpaired) electrons. The van der Waals surface area contributed by atoms with E-state index in [9.17, 15) is 24.2 Å². The van der Waals surface area contributed by atoms with Crippen molar-refractivity contribution in [3.63, 3.8) is 0 Å². The molecule has 0 heterocycles. The van der Waals surface area contributed by atoms with E-state index < -0.39 is 38.6 Å². The molecule has 0 aromatic carbocycles. The van der Waals surface area contributed by atoms with Gasteiger partial charge in [0.25, 0.3) is 0 Å². The number of aliphatic hydroxyl groups is 1. The van der Waals surface area contributed by atoms with E-state index in [2.05, 4.69) is 32.1 Å². The summed E-state index contributed by atoms with van der Waals surface area (Å²) in [5, 5.41) is 9.88. The molecule has 0 aromatic heterocycles. The Bertz CT molecular complexity index is 1100. The Labute approximate surface area is 336 Å². The fraction of sp³-hybridized carbons (Fsp3) is 0.773. The molecular weight excluding hydrogens is 717 g/mol. The first-order valence-corrected chi connectivity index (χ1v) is 23.0. The molecule has 0 aromatic rings. The molecule has 3 atom stereocenters. The Morgan fingerprint density at radius 2 is 1.20 bits per heavy atom. The number of aliphatic hydroxyl groups excluding tert-OH is 1. The van der Waals surface area contributed by atoms with E-state index in [0.29, 0.717) is 30.3 Å². The van der Waals surface area contributed by atoms with Crippen molar-refractivity contribution < 1.29 is 47.2 Å². The van der Waals surface area contributed by atoms with Gasteiger partial charge in [-0.3, -0.25) is 18.6 Å². The first-order valence-electron chi connectivity index (χ1n) is 21.5. The molecule has 0 fully saturated rings. The second kappa shape index (κ2) is 36.3. The molecule has 3 unspecified atom stereocenters. The number of phosphoric ester groups is 1. The van der Waals surface area contributed by atoms with E-state index in [1.54, 1.807) is 6.08 Å². The third-order valence-corrected chi connectivity index (χ3v) is 9.91. The van der Waals surface area contributed by atoms with Crippen molar-refractivity contribution in [2.45, 2.75) is 174 Å². The second-order valence-electron chi connectivity index (χ2n) is 15.5. The number of phosphoric acid groups is 1. The largest absolute Gasteiger partial charge is 0.472 e. The van der Waals surface area contributed by atoms with Crippen LogP contribution >= 0.6 is 7.82 Å². The molecule has 0 rings (SSSR count). The Morgan fingerprint density at radius 3 is 1.78 bits per heavy atom. The lowest BCUT2D eigenvalue weighted by molar-refractivity contribution is -0.870. The zero-order chi connectivity index (χ0) is 40.9. The summed E-state index contributed by atoms with van der Waals surface area (Å²) in [5.41, 5.74) is 0. The topological polar surface area (TPSA) is 129 Å². The van der Waals surface area contributed by atoms with Crippen LogP contribution in [0.15, 0.2) is 48.6 Å². The maximum Gasteiger partial charge on any atom is 0.472 e. The SMILES string of the molecule is CC/C=C/CC(O)/C=C/C=C/CCCCCCCC(=O)OC(COC(=O)CCCCCCC/C=C\CCCCCCCC)COP(=O)(O)OCC[N+](C)(C)C. The van der Waals surface area contributed by atoms with Crippen molar-refractivity contribution in [3.8, 4) is 0 Å². The van der Waals surface area contributed by atoms with Crippen LogP contribution in [0.5, 0.6) is 0 Å². The number of carbonyl (C=O) groups excluding carboxylic acids is 2. The second-order valence-corrected chi connectivity index (χ2v) is 17.0. The van der Waals surface area contributed by atoms with E-state index in [4.69, 9.17) is 18.5 Å². The van der Waals surface area contributed by atoms with Gasteiger partial charge in [0.1, 0.15) is 19.8 Å². The van der Waals surface area contributed by atoms with Gasteiger partial charge in [-0.2, -0.15) is 0 Å². The zero-order valence-corrected chi connectivity index (χ0v) is 36.4. The normalized spacial score (nSPS) is 14.7. The summed E-state index contributed by atoms with van der Waals surface area (Å²) in [7, 11) is 1.42. The van der Waals surface area contributed by atoms with Gasteiger partial charge in [0.2, 0.25) is 0 Å². The number of unbranched alkanes of at least 4 members (excludes halogenated alkanes) is 16. The lowest BCUT2D eigenvalue weighted by atomic mass is 10.1. The van der Waals surface area contributed by atoms with E-state index in [1.807, 2.05) is 45.4 Å². The quantitative estimate of drug-likeness (QED) is 0.0157. The summed E-state index contributed by atoms with van der Waals surface area (Å²) in [4.78, 5) is 35.3. The Balaban J connectivity index is 4.46. The molecule has 10 nitrogen and oxygen atoms in total. The summed E-state index contributed by atoms with van der Waals surface area (Å²) in [5.74, 6) is -0.865. The van der Waals surface area contributed by atoms with Gasteiger partial charge in [0.15, 0.2) is 6.10 Å². The van der Waals surface area contributed by atoms with Crippen molar-refractivity contribution in [2.75, 3.05) is 47.5 Å². The minimum Gasteiger partial charge on any atom is -0.462 e. The lowest BCUT2D eigenvalue weighted by Gasteiger charge is -2.24. The van der Waals surface area contributed by atoms with E-state index in [1.165, 1.54) is 44.9 Å². The van der Waals surface area contributed by atoms with Crippen LogP contribution in [0.2, 0.25) is 0 Å². The summed E-state index contributed by atoms with van der Waals surface area (Å²) in [6, 6.07) is 0. The first kappa shape index (κ1) is 52.9. The predicted octanol–water partition coefficient (Wildman–Crippen LogP) is 10.9. The monoisotopic (exact) mass is 799 g/mol. The van der Waals surface area contributed by atoms with Gasteiger partial charge in [-0.15, -0.1) is 0 Å². The molecular formula is C44H81NO9P+. The van der Waals surface area contributed by atoms with Crippen LogP contribution in [0.25, 0.3) is 0 Å². The maximum absolute atomic E-state index is 12.7. The molecule has 55 heavy (non-hydrogen) atoms. The lowest BCUT2D eigenvalue weighted by Crippen LogP contribution is -2.37. The number of carbonyl (C=O) groups is 2. The number of allylic oxidation sites excluding steroid dienone is 6. The number of esters is 2. The van der Waals surface area contributed by atoms with Gasteiger partial charge in [-0.1, -0.05) is 133 Å². The molecule has 2 N–H and O–H groups in total. The average molecular weight is 799 g/mol. The zero-order valence-electron chi connectivity index (χ0n) is 35.5. The number of likely N-dealkylation sites (N-methyl/N-ethyl adjacent to an activating group) is 1. The number of quaternary nitrogens is 1. The Morgan fingerprint density at radius 1 is 0.655 bits per heavy atom. The van der Waals surface area contributed by atoms with Crippen molar-refractivity contribution in [2.24, 2.45) is 0 Å². The summed E-state index contributed by atoms with van der Waals surface area (Å²) < 4.78 is 34.2. The maximum atomic E-state index is 12.7. The molecule has 0 aliphatic rings. The highest BCUT2D eigenvalue weighted by Gasteiger charge is 2.27. The molecule has 11 heteroatoms. The minimum absolute atomic E-state index is 0.0152.